The summed E-state index contributed by atoms with van der Waals surface area (Å²) in [5.74, 6) is -1.78. The lowest BCUT2D eigenvalue weighted by molar-refractivity contribution is 0.0506. The second-order valence-electron chi connectivity index (χ2n) is 9.01. The highest BCUT2D eigenvalue weighted by atomic mass is 35.5. The first-order valence-electron chi connectivity index (χ1n) is 10.9. The van der Waals surface area contributed by atoms with Crippen molar-refractivity contribution in [1.29, 1.82) is 0 Å². The first kappa shape index (κ1) is 26.2. The lowest BCUT2D eigenvalue weighted by Gasteiger charge is -2.22. The van der Waals surface area contributed by atoms with Crippen molar-refractivity contribution in [3.05, 3.63) is 64.1 Å². The summed E-state index contributed by atoms with van der Waals surface area (Å²) in [5, 5.41) is 5.62. The van der Waals surface area contributed by atoms with Crippen molar-refractivity contribution in [2.75, 3.05) is 6.54 Å². The van der Waals surface area contributed by atoms with Crippen LogP contribution in [0.5, 0.6) is 5.75 Å². The Morgan fingerprint density at radius 3 is 2.51 bits per heavy atom. The van der Waals surface area contributed by atoms with Crippen molar-refractivity contribution in [1.82, 2.24) is 20.0 Å². The summed E-state index contributed by atoms with van der Waals surface area (Å²) in [5.41, 5.74) is -0.0296. The molecular weight excluding hydrogens is 482 g/mol. The predicted octanol–water partition coefficient (Wildman–Crippen LogP) is 4.80. The van der Waals surface area contributed by atoms with Gasteiger partial charge in [0.25, 0.3) is 5.91 Å². The summed E-state index contributed by atoms with van der Waals surface area (Å²) in [6, 6.07) is 4.58. The molecule has 0 spiro atoms. The minimum atomic E-state index is -0.739. The lowest BCUT2D eigenvalue weighted by Crippen LogP contribution is -2.44. The number of ether oxygens (including phenoxy) is 2. The Kier molecular flexibility index (Phi) is 7.84. The van der Waals surface area contributed by atoms with Crippen LogP contribution in [0, 0.1) is 18.6 Å². The Hall–Kier alpha value is -3.40. The average molecular weight is 509 g/mol. The first-order chi connectivity index (χ1) is 16.4. The monoisotopic (exact) mass is 508 g/mol. The van der Waals surface area contributed by atoms with Crippen LogP contribution in [0.15, 0.2) is 30.5 Å². The zero-order valence-electron chi connectivity index (χ0n) is 20.0. The fourth-order valence-corrected chi connectivity index (χ4v) is 3.48. The standard InChI is InChI=1S/C24H27ClF2N4O4/c1-13(29-23(33)35-24(3,4)5)10-28-22(32)20-14(2)30-21-19(9-15(25)11-31(20)21)34-12-16-17(26)7-6-8-18(16)27/h6-9,11,13H,10,12H2,1-5H3,(H,28,32)(H,29,33). The minimum absolute atomic E-state index is 0.126. The molecule has 2 amide bonds. The van der Waals surface area contributed by atoms with Crippen molar-refractivity contribution < 1.29 is 27.8 Å². The summed E-state index contributed by atoms with van der Waals surface area (Å²) in [6.45, 7) is 8.35. The van der Waals surface area contributed by atoms with Gasteiger partial charge in [0.15, 0.2) is 11.4 Å². The van der Waals surface area contributed by atoms with E-state index in [0.29, 0.717) is 5.69 Å². The molecule has 0 saturated carbocycles. The van der Waals surface area contributed by atoms with Crippen LogP contribution >= 0.6 is 11.6 Å². The fourth-order valence-electron chi connectivity index (χ4n) is 3.29. The number of alkyl carbamates (subject to hydrolysis) is 1. The zero-order chi connectivity index (χ0) is 25.9. The van der Waals surface area contributed by atoms with Crippen molar-refractivity contribution >= 4 is 29.2 Å². The molecule has 1 unspecified atom stereocenters. The van der Waals surface area contributed by atoms with Crippen LogP contribution in [-0.2, 0) is 11.3 Å². The molecule has 3 aromatic rings. The van der Waals surface area contributed by atoms with Gasteiger partial charge in [0.05, 0.1) is 16.3 Å². The van der Waals surface area contributed by atoms with Crippen LogP contribution in [0.3, 0.4) is 0 Å². The second-order valence-corrected chi connectivity index (χ2v) is 9.44. The number of fused-ring (bicyclic) bond motifs is 1. The Morgan fingerprint density at radius 1 is 1.23 bits per heavy atom. The molecule has 188 valence electrons. The molecular formula is C24H27ClF2N4O4. The number of imidazole rings is 1. The molecule has 8 nitrogen and oxygen atoms in total. The molecule has 0 aliphatic rings. The number of hydrogen-bond acceptors (Lipinski definition) is 5. The smallest absolute Gasteiger partial charge is 0.407 e. The van der Waals surface area contributed by atoms with E-state index in [1.54, 1.807) is 34.6 Å². The number of amides is 2. The molecule has 0 aliphatic carbocycles. The molecule has 0 saturated heterocycles. The number of carbonyl (C=O) groups is 2. The van der Waals surface area contributed by atoms with Gasteiger partial charge >= 0.3 is 6.09 Å². The first-order valence-corrected chi connectivity index (χ1v) is 11.2. The molecule has 11 heteroatoms. The molecule has 35 heavy (non-hydrogen) atoms. The van der Waals surface area contributed by atoms with Gasteiger partial charge in [-0.2, -0.15) is 0 Å². The summed E-state index contributed by atoms with van der Waals surface area (Å²) in [7, 11) is 0. The van der Waals surface area contributed by atoms with Crippen molar-refractivity contribution in [3.63, 3.8) is 0 Å². The van der Waals surface area contributed by atoms with E-state index in [1.807, 2.05) is 0 Å². The molecule has 3 rings (SSSR count). The van der Waals surface area contributed by atoms with E-state index in [0.717, 1.165) is 12.1 Å². The van der Waals surface area contributed by atoms with Crippen LogP contribution < -0.4 is 15.4 Å². The van der Waals surface area contributed by atoms with E-state index < -0.39 is 41.9 Å². The highest BCUT2D eigenvalue weighted by Gasteiger charge is 2.22. The summed E-state index contributed by atoms with van der Waals surface area (Å²) < 4.78 is 40.2. The van der Waals surface area contributed by atoms with Gasteiger partial charge < -0.3 is 20.1 Å². The fraction of sp³-hybridized carbons (Fsp3) is 0.375. The SMILES string of the molecule is Cc1nc2c(OCc3c(F)cccc3F)cc(Cl)cn2c1C(=O)NCC(C)NC(=O)OC(C)(C)C. The number of aromatic nitrogens is 2. The number of pyridine rings is 1. The third kappa shape index (κ3) is 6.60. The van der Waals surface area contributed by atoms with E-state index in [1.165, 1.54) is 22.7 Å². The largest absolute Gasteiger partial charge is 0.485 e. The maximum absolute atomic E-state index is 14.0. The average Bonchev–Trinajstić information content (AvgIpc) is 3.05. The van der Waals surface area contributed by atoms with Gasteiger partial charge in [0, 0.05) is 24.8 Å². The molecule has 1 atom stereocenters. The summed E-state index contributed by atoms with van der Waals surface area (Å²) >= 11 is 6.22. The zero-order valence-corrected chi connectivity index (χ0v) is 20.8. The number of halogens is 3. The summed E-state index contributed by atoms with van der Waals surface area (Å²) in [6.07, 6.45) is 0.898. The number of hydrogen-bond donors (Lipinski definition) is 2. The van der Waals surface area contributed by atoms with Gasteiger partial charge in [-0.25, -0.2) is 18.6 Å². The van der Waals surface area contributed by atoms with E-state index in [-0.39, 0.29) is 34.2 Å². The third-order valence-corrected chi connectivity index (χ3v) is 5.01. The second kappa shape index (κ2) is 10.5. The Morgan fingerprint density at radius 2 is 1.89 bits per heavy atom. The molecule has 0 bridgehead atoms. The Balaban J connectivity index is 1.76. The molecule has 0 fully saturated rings. The Bertz CT molecular complexity index is 1240. The van der Waals surface area contributed by atoms with E-state index in [4.69, 9.17) is 21.1 Å². The number of carbonyl (C=O) groups excluding carboxylic acids is 2. The van der Waals surface area contributed by atoms with Crippen LogP contribution in [0.4, 0.5) is 13.6 Å². The normalized spacial score (nSPS) is 12.3. The number of rotatable bonds is 7. The van der Waals surface area contributed by atoms with Gasteiger partial charge in [-0.05, 0) is 46.8 Å². The number of aryl methyl sites for hydroxylation is 1. The quantitative estimate of drug-likeness (QED) is 0.478. The topological polar surface area (TPSA) is 94.0 Å². The van der Waals surface area contributed by atoms with Gasteiger partial charge in [-0.1, -0.05) is 17.7 Å². The number of benzene rings is 1. The van der Waals surface area contributed by atoms with E-state index in [2.05, 4.69) is 15.6 Å². The van der Waals surface area contributed by atoms with E-state index >= 15 is 0 Å². The van der Waals surface area contributed by atoms with Crippen molar-refractivity contribution in [2.24, 2.45) is 0 Å². The van der Waals surface area contributed by atoms with Crippen molar-refractivity contribution in [2.45, 2.75) is 52.9 Å². The van der Waals surface area contributed by atoms with Crippen LogP contribution in [0.1, 0.15) is 49.4 Å². The highest BCUT2D eigenvalue weighted by Crippen LogP contribution is 2.28. The number of nitrogens with zero attached hydrogens (tertiary/aromatic N) is 2. The van der Waals surface area contributed by atoms with Crippen molar-refractivity contribution in [3.8, 4) is 5.75 Å². The van der Waals surface area contributed by atoms with Crippen LogP contribution in [-0.4, -0.2) is 39.6 Å². The van der Waals surface area contributed by atoms with Gasteiger partial charge in [-0.3, -0.25) is 9.20 Å². The molecule has 0 radical (unpaired) electrons. The molecule has 2 aromatic heterocycles. The minimum Gasteiger partial charge on any atom is -0.485 e. The maximum Gasteiger partial charge on any atom is 0.407 e. The molecule has 2 heterocycles. The van der Waals surface area contributed by atoms with E-state index in [9.17, 15) is 18.4 Å². The summed E-state index contributed by atoms with van der Waals surface area (Å²) in [4.78, 5) is 29.3. The predicted molar refractivity (Wildman–Crippen MR) is 127 cm³/mol. The van der Waals surface area contributed by atoms with Crippen LogP contribution in [0.2, 0.25) is 5.02 Å². The maximum atomic E-state index is 14.0. The van der Waals surface area contributed by atoms with Gasteiger partial charge in [-0.15, -0.1) is 0 Å². The molecule has 0 aliphatic heterocycles. The Labute approximate surface area is 206 Å². The van der Waals surface area contributed by atoms with Gasteiger partial charge in [0.1, 0.15) is 29.5 Å². The van der Waals surface area contributed by atoms with Gasteiger partial charge in [0.2, 0.25) is 0 Å². The highest BCUT2D eigenvalue weighted by molar-refractivity contribution is 6.30. The molecule has 2 N–H and O–H groups in total. The third-order valence-electron chi connectivity index (χ3n) is 4.81. The lowest BCUT2D eigenvalue weighted by atomic mass is 10.2. The molecule has 1 aromatic carbocycles. The van der Waals surface area contributed by atoms with Crippen LogP contribution in [0.25, 0.3) is 5.65 Å². The number of nitrogens with one attached hydrogen (secondary N) is 2.